The molecule has 1 heterocycles. The molecule has 1 aromatic carbocycles. The average molecular weight is 273 g/mol. The molecule has 4 heteroatoms. The Balaban J connectivity index is 1.90. The van der Waals surface area contributed by atoms with E-state index in [1.807, 2.05) is 31.2 Å². The van der Waals surface area contributed by atoms with Crippen molar-refractivity contribution in [2.24, 2.45) is 0 Å². The molecule has 1 aromatic heterocycles. The van der Waals surface area contributed by atoms with Gasteiger partial charge in [0.1, 0.15) is 6.26 Å². The first kappa shape index (κ1) is 13.7. The molecule has 0 saturated heterocycles. The Hall–Kier alpha value is -1.70. The zero-order chi connectivity index (χ0) is 13.5. The molecule has 2 aromatic rings. The van der Waals surface area contributed by atoms with E-state index >= 15 is 0 Å². The van der Waals surface area contributed by atoms with Crippen LogP contribution in [0.1, 0.15) is 23.2 Å². The first-order valence-corrected chi connectivity index (χ1v) is 7.00. The van der Waals surface area contributed by atoms with Gasteiger partial charge in [-0.1, -0.05) is 35.7 Å². The molecule has 0 spiro atoms. The SMILES string of the molecule is Cc1coc(SCc2ccc(C#CCCO)cc2)n1. The lowest BCUT2D eigenvalue weighted by Gasteiger charge is -1.98. The Bertz CT molecular complexity index is 578. The maximum absolute atomic E-state index is 8.65. The van der Waals surface area contributed by atoms with Crippen molar-refractivity contribution in [2.75, 3.05) is 6.61 Å². The Kier molecular flexibility index (Phi) is 5.08. The normalized spacial score (nSPS) is 10.0. The van der Waals surface area contributed by atoms with Crippen LogP contribution < -0.4 is 0 Å². The molecule has 0 radical (unpaired) electrons. The van der Waals surface area contributed by atoms with E-state index in [1.54, 1.807) is 18.0 Å². The van der Waals surface area contributed by atoms with E-state index in [4.69, 9.17) is 9.52 Å². The van der Waals surface area contributed by atoms with E-state index in [0.717, 1.165) is 17.0 Å². The predicted molar refractivity (Wildman–Crippen MR) is 75.8 cm³/mol. The fourth-order valence-corrected chi connectivity index (χ4v) is 2.26. The minimum absolute atomic E-state index is 0.108. The van der Waals surface area contributed by atoms with Gasteiger partial charge in [0.05, 0.1) is 12.3 Å². The van der Waals surface area contributed by atoms with Crippen molar-refractivity contribution >= 4 is 11.8 Å². The fraction of sp³-hybridized carbons (Fsp3) is 0.267. The highest BCUT2D eigenvalue weighted by Crippen LogP contribution is 2.21. The summed E-state index contributed by atoms with van der Waals surface area (Å²) in [7, 11) is 0. The molecule has 0 aliphatic rings. The summed E-state index contributed by atoms with van der Waals surface area (Å²) in [6, 6.07) is 8.07. The highest BCUT2D eigenvalue weighted by atomic mass is 32.2. The van der Waals surface area contributed by atoms with Gasteiger partial charge < -0.3 is 9.52 Å². The van der Waals surface area contributed by atoms with E-state index in [-0.39, 0.29) is 6.61 Å². The standard InChI is InChI=1S/C15H15NO2S/c1-12-10-18-15(16-12)19-11-14-7-5-13(6-8-14)4-2-3-9-17/h5-8,10,17H,3,9,11H2,1H3. The molecule has 0 unspecified atom stereocenters. The van der Waals surface area contributed by atoms with E-state index in [9.17, 15) is 0 Å². The molecule has 3 nitrogen and oxygen atoms in total. The Morgan fingerprint density at radius 2 is 2.11 bits per heavy atom. The molecule has 2 rings (SSSR count). The molecular weight excluding hydrogens is 258 g/mol. The quantitative estimate of drug-likeness (QED) is 0.687. The maximum Gasteiger partial charge on any atom is 0.256 e. The Labute approximate surface area is 117 Å². The van der Waals surface area contributed by atoms with Crippen LogP contribution in [-0.4, -0.2) is 16.7 Å². The number of oxazole rings is 1. The van der Waals surface area contributed by atoms with Gasteiger partial charge in [-0.05, 0) is 24.6 Å². The number of aryl methyl sites for hydroxylation is 1. The van der Waals surface area contributed by atoms with Crippen molar-refractivity contribution in [3.8, 4) is 11.8 Å². The lowest BCUT2D eigenvalue weighted by atomic mass is 10.1. The number of aliphatic hydroxyl groups is 1. The second-order valence-electron chi connectivity index (χ2n) is 4.02. The van der Waals surface area contributed by atoms with Crippen molar-refractivity contribution < 1.29 is 9.52 Å². The van der Waals surface area contributed by atoms with Gasteiger partial charge in [0.25, 0.3) is 5.22 Å². The lowest BCUT2D eigenvalue weighted by molar-refractivity contribution is 0.305. The van der Waals surface area contributed by atoms with Gasteiger partial charge in [0, 0.05) is 17.7 Å². The summed E-state index contributed by atoms with van der Waals surface area (Å²) in [5, 5.41) is 9.35. The van der Waals surface area contributed by atoms with Crippen molar-refractivity contribution in [2.45, 2.75) is 24.3 Å². The topological polar surface area (TPSA) is 46.3 Å². The third-order valence-electron chi connectivity index (χ3n) is 2.38. The third kappa shape index (κ3) is 4.47. The van der Waals surface area contributed by atoms with Gasteiger partial charge in [-0.25, -0.2) is 4.98 Å². The summed E-state index contributed by atoms with van der Waals surface area (Å²) in [6.07, 6.45) is 2.17. The molecule has 0 amide bonds. The van der Waals surface area contributed by atoms with E-state index in [0.29, 0.717) is 11.6 Å². The van der Waals surface area contributed by atoms with Crippen molar-refractivity contribution in [3.05, 3.63) is 47.3 Å². The van der Waals surface area contributed by atoms with Crippen molar-refractivity contribution in [1.82, 2.24) is 4.98 Å². The molecular formula is C15H15NO2S. The van der Waals surface area contributed by atoms with Crippen LogP contribution >= 0.6 is 11.8 Å². The third-order valence-corrected chi connectivity index (χ3v) is 3.30. The number of aromatic nitrogens is 1. The summed E-state index contributed by atoms with van der Waals surface area (Å²) in [5.74, 6) is 6.73. The molecule has 0 aliphatic heterocycles. The second kappa shape index (κ2) is 7.03. The molecule has 0 aliphatic carbocycles. The van der Waals surface area contributed by atoms with Crippen LogP contribution in [0.4, 0.5) is 0 Å². The van der Waals surface area contributed by atoms with E-state index < -0.39 is 0 Å². The lowest BCUT2D eigenvalue weighted by Crippen LogP contribution is -1.83. The van der Waals surface area contributed by atoms with Gasteiger partial charge in [0.15, 0.2) is 0 Å². The molecule has 0 saturated carbocycles. The van der Waals surface area contributed by atoms with Crippen molar-refractivity contribution in [3.63, 3.8) is 0 Å². The van der Waals surface area contributed by atoms with Gasteiger partial charge in [-0.15, -0.1) is 0 Å². The zero-order valence-corrected chi connectivity index (χ0v) is 11.5. The summed E-state index contributed by atoms with van der Waals surface area (Å²) in [4.78, 5) is 4.24. The number of rotatable bonds is 4. The molecule has 19 heavy (non-hydrogen) atoms. The summed E-state index contributed by atoms with van der Waals surface area (Å²) >= 11 is 1.57. The molecule has 98 valence electrons. The Morgan fingerprint density at radius 3 is 2.74 bits per heavy atom. The average Bonchev–Trinajstić information content (AvgIpc) is 2.84. The fourth-order valence-electron chi connectivity index (χ4n) is 1.45. The van der Waals surface area contributed by atoms with Crippen LogP contribution in [0, 0.1) is 18.8 Å². The predicted octanol–water partition coefficient (Wildman–Crippen LogP) is 3.01. The van der Waals surface area contributed by atoms with Crippen LogP contribution in [0.5, 0.6) is 0 Å². The molecule has 0 atom stereocenters. The van der Waals surface area contributed by atoms with E-state index in [2.05, 4.69) is 16.8 Å². The number of aliphatic hydroxyl groups excluding tert-OH is 1. The number of hydrogen-bond acceptors (Lipinski definition) is 4. The van der Waals surface area contributed by atoms with Crippen LogP contribution in [-0.2, 0) is 5.75 Å². The summed E-state index contributed by atoms with van der Waals surface area (Å²) < 4.78 is 5.28. The molecule has 0 bridgehead atoms. The molecule has 1 N–H and O–H groups in total. The summed E-state index contributed by atoms with van der Waals surface area (Å²) in [5.41, 5.74) is 3.07. The largest absolute Gasteiger partial charge is 0.440 e. The van der Waals surface area contributed by atoms with Crippen LogP contribution in [0.3, 0.4) is 0 Å². The molecule has 0 fully saturated rings. The van der Waals surface area contributed by atoms with Crippen molar-refractivity contribution in [1.29, 1.82) is 0 Å². The number of benzene rings is 1. The highest BCUT2D eigenvalue weighted by Gasteiger charge is 2.02. The highest BCUT2D eigenvalue weighted by molar-refractivity contribution is 7.98. The van der Waals surface area contributed by atoms with Crippen LogP contribution in [0.2, 0.25) is 0 Å². The number of thioether (sulfide) groups is 1. The monoisotopic (exact) mass is 273 g/mol. The van der Waals surface area contributed by atoms with E-state index in [1.165, 1.54) is 5.56 Å². The van der Waals surface area contributed by atoms with Gasteiger partial charge in [-0.3, -0.25) is 0 Å². The van der Waals surface area contributed by atoms with Crippen LogP contribution in [0.15, 0.2) is 40.2 Å². The minimum atomic E-state index is 0.108. The first-order valence-electron chi connectivity index (χ1n) is 6.01. The van der Waals surface area contributed by atoms with Gasteiger partial charge >= 0.3 is 0 Å². The Morgan fingerprint density at radius 1 is 1.32 bits per heavy atom. The maximum atomic E-state index is 8.65. The van der Waals surface area contributed by atoms with Crippen LogP contribution in [0.25, 0.3) is 0 Å². The van der Waals surface area contributed by atoms with Gasteiger partial charge in [-0.2, -0.15) is 0 Å². The number of hydrogen-bond donors (Lipinski definition) is 1. The van der Waals surface area contributed by atoms with Gasteiger partial charge in [0.2, 0.25) is 0 Å². The zero-order valence-electron chi connectivity index (χ0n) is 10.7. The minimum Gasteiger partial charge on any atom is -0.440 e. The second-order valence-corrected chi connectivity index (χ2v) is 4.94. The first-order chi connectivity index (χ1) is 9.28. The smallest absolute Gasteiger partial charge is 0.256 e. The summed E-state index contributed by atoms with van der Waals surface area (Å²) in [6.45, 7) is 2.02. The number of nitrogens with zero attached hydrogens (tertiary/aromatic N) is 1.